The van der Waals surface area contributed by atoms with Crippen molar-refractivity contribution in [3.05, 3.63) is 35.9 Å². The molecule has 0 spiro atoms. The predicted octanol–water partition coefficient (Wildman–Crippen LogP) is -2.22. The second-order valence-corrected chi connectivity index (χ2v) is 14.8. The normalized spacial score (nSPS) is 23.0. The van der Waals surface area contributed by atoms with E-state index in [-0.39, 0.29) is 69.5 Å². The van der Waals surface area contributed by atoms with Crippen molar-refractivity contribution in [3.63, 3.8) is 0 Å². The third kappa shape index (κ3) is 16.4. The van der Waals surface area contributed by atoms with E-state index in [4.69, 9.17) is 22.9 Å². The molecule has 20 nitrogen and oxygen atoms in total. The third-order valence-electron chi connectivity index (χ3n) is 9.13. The fourth-order valence-electron chi connectivity index (χ4n) is 6.13. The summed E-state index contributed by atoms with van der Waals surface area (Å²) in [7, 11) is 1.40. The molecule has 1 aromatic carbocycles. The molecule has 1 aromatic rings. The van der Waals surface area contributed by atoms with Gasteiger partial charge in [0.2, 0.25) is 35.4 Å². The Hall–Kier alpha value is -5.95. The molecule has 1 aliphatic rings. The summed E-state index contributed by atoms with van der Waals surface area (Å²) in [4.78, 5) is 105. The van der Waals surface area contributed by atoms with Gasteiger partial charge in [-0.1, -0.05) is 58.0 Å². The van der Waals surface area contributed by atoms with Crippen LogP contribution in [-0.4, -0.2) is 120 Å². The van der Waals surface area contributed by atoms with Crippen molar-refractivity contribution >= 4 is 53.3 Å². The number of carboxylic acids is 1. The minimum atomic E-state index is -1.66. The van der Waals surface area contributed by atoms with Gasteiger partial charge in [-0.05, 0) is 49.5 Å². The van der Waals surface area contributed by atoms with Gasteiger partial charge < -0.3 is 59.5 Å². The Bertz CT molecular complexity index is 1610. The highest BCUT2D eigenvalue weighted by atomic mass is 16.4. The highest BCUT2D eigenvalue weighted by Crippen LogP contribution is 2.15. The molecule has 0 bridgehead atoms. The smallest absolute Gasteiger partial charge is 0.305 e. The zero-order chi connectivity index (χ0) is 42.8. The molecule has 1 heterocycles. The summed E-state index contributed by atoms with van der Waals surface area (Å²) >= 11 is 0. The number of carbonyl (C=O) groups is 7. The van der Waals surface area contributed by atoms with E-state index >= 15 is 0 Å². The molecule has 1 fully saturated rings. The van der Waals surface area contributed by atoms with Crippen LogP contribution >= 0.6 is 0 Å². The van der Waals surface area contributed by atoms with Crippen LogP contribution in [0.3, 0.4) is 0 Å². The van der Waals surface area contributed by atoms with Crippen LogP contribution in [0.4, 0.5) is 0 Å². The van der Waals surface area contributed by atoms with Crippen molar-refractivity contribution in [1.29, 1.82) is 0 Å². The van der Waals surface area contributed by atoms with Gasteiger partial charge in [0.25, 0.3) is 0 Å². The van der Waals surface area contributed by atoms with Crippen molar-refractivity contribution in [3.8, 4) is 0 Å². The molecule has 316 valence electrons. The lowest BCUT2D eigenvalue weighted by Gasteiger charge is -2.33. The van der Waals surface area contributed by atoms with Crippen molar-refractivity contribution in [1.82, 2.24) is 31.5 Å². The fraction of sp³-hybridized carbons (Fsp3) is 0.595. The summed E-state index contributed by atoms with van der Waals surface area (Å²) in [6.45, 7) is 7.06. The van der Waals surface area contributed by atoms with E-state index in [9.17, 15) is 38.7 Å². The van der Waals surface area contributed by atoms with Crippen LogP contribution in [0, 0.1) is 11.8 Å². The Morgan fingerprint density at radius 1 is 0.702 bits per heavy atom. The van der Waals surface area contributed by atoms with Crippen LogP contribution in [0.25, 0.3) is 0 Å². The predicted molar refractivity (Wildman–Crippen MR) is 213 cm³/mol. The fourth-order valence-corrected chi connectivity index (χ4v) is 6.13. The number of aliphatic carboxylic acids is 1. The van der Waals surface area contributed by atoms with Gasteiger partial charge in [-0.25, -0.2) is 0 Å². The average Bonchev–Trinajstić information content (AvgIpc) is 3.13. The minimum absolute atomic E-state index is 0.00368. The first-order chi connectivity index (χ1) is 26.8. The molecule has 0 radical (unpaired) electrons. The first kappa shape index (κ1) is 47.2. The molecule has 20 heteroatoms. The SMILES string of the molecule is CC(C)CC1NC(=O)C(Cc2ccccc2)N(C)C(=O)C(CCCN=C(N)N)NC(=O)C(CCCN=C(N)N)NC(=O)C(C(C)C)NC(=O)C(CC(=O)O)NC1=O. The Morgan fingerprint density at radius 2 is 1.19 bits per heavy atom. The molecule has 0 aromatic heterocycles. The van der Waals surface area contributed by atoms with Gasteiger partial charge in [0.1, 0.15) is 36.3 Å². The highest BCUT2D eigenvalue weighted by Gasteiger charge is 2.38. The maximum atomic E-state index is 14.4. The molecule has 2 rings (SSSR count). The number of nitrogens with one attached hydrogen (secondary N) is 5. The van der Waals surface area contributed by atoms with Gasteiger partial charge in [0.15, 0.2) is 11.9 Å². The van der Waals surface area contributed by atoms with Gasteiger partial charge in [0, 0.05) is 26.6 Å². The zero-order valence-electron chi connectivity index (χ0n) is 33.3. The summed E-state index contributed by atoms with van der Waals surface area (Å²) in [6, 6.07) is 0.865. The number of hydrogen-bond acceptors (Lipinski definition) is 9. The average molecular weight is 801 g/mol. The highest BCUT2D eigenvalue weighted by molar-refractivity contribution is 5.99. The lowest BCUT2D eigenvalue weighted by molar-refractivity contribution is -0.144. The number of hydrogen-bond donors (Lipinski definition) is 10. The van der Waals surface area contributed by atoms with E-state index < -0.39 is 90.0 Å². The van der Waals surface area contributed by atoms with Crippen LogP contribution in [-0.2, 0) is 40.0 Å². The summed E-state index contributed by atoms with van der Waals surface area (Å²) < 4.78 is 0. The molecule has 57 heavy (non-hydrogen) atoms. The number of carbonyl (C=O) groups excluding carboxylic acids is 6. The number of likely N-dealkylation sites (N-methyl/N-ethyl adjacent to an activating group) is 1. The van der Waals surface area contributed by atoms with Gasteiger partial charge >= 0.3 is 5.97 Å². The molecule has 14 N–H and O–H groups in total. The maximum Gasteiger partial charge on any atom is 0.305 e. The molecule has 6 amide bonds. The van der Waals surface area contributed by atoms with Gasteiger partial charge in [-0.3, -0.25) is 43.5 Å². The summed E-state index contributed by atoms with van der Waals surface area (Å²) in [5, 5.41) is 22.8. The zero-order valence-corrected chi connectivity index (χ0v) is 33.3. The van der Waals surface area contributed by atoms with E-state index in [2.05, 4.69) is 36.6 Å². The first-order valence-corrected chi connectivity index (χ1v) is 19.0. The van der Waals surface area contributed by atoms with E-state index in [0.29, 0.717) is 5.56 Å². The second-order valence-electron chi connectivity index (χ2n) is 14.8. The van der Waals surface area contributed by atoms with Gasteiger partial charge in [-0.2, -0.15) is 0 Å². The van der Waals surface area contributed by atoms with Crippen LogP contribution in [0.5, 0.6) is 0 Å². The van der Waals surface area contributed by atoms with Crippen molar-refractivity contribution in [2.75, 3.05) is 20.1 Å². The number of nitrogens with two attached hydrogens (primary N) is 4. The van der Waals surface area contributed by atoms with Crippen LogP contribution in [0.1, 0.15) is 71.8 Å². The topological polar surface area (TPSA) is 332 Å². The number of carboxylic acid groups (broad SMARTS) is 1. The Balaban J connectivity index is 2.77. The number of benzene rings is 1. The lowest BCUT2D eigenvalue weighted by atomic mass is 9.98. The Morgan fingerprint density at radius 3 is 1.72 bits per heavy atom. The monoisotopic (exact) mass is 800 g/mol. The van der Waals surface area contributed by atoms with Gasteiger partial charge in [0.05, 0.1) is 6.42 Å². The van der Waals surface area contributed by atoms with Crippen LogP contribution in [0.15, 0.2) is 40.3 Å². The summed E-state index contributed by atoms with van der Waals surface area (Å²) in [6.07, 6.45) is -0.305. The Kier molecular flexibility index (Phi) is 19.2. The molecule has 1 saturated heterocycles. The molecule has 6 atom stereocenters. The van der Waals surface area contributed by atoms with Gasteiger partial charge in [-0.15, -0.1) is 0 Å². The second kappa shape index (κ2) is 23.2. The largest absolute Gasteiger partial charge is 0.481 e. The molecule has 6 unspecified atom stereocenters. The first-order valence-electron chi connectivity index (χ1n) is 19.0. The lowest BCUT2D eigenvalue weighted by Crippen LogP contribution is -2.62. The number of amides is 6. The van der Waals surface area contributed by atoms with Crippen molar-refractivity contribution < 1.29 is 38.7 Å². The summed E-state index contributed by atoms with van der Waals surface area (Å²) in [5.74, 6) is -7.25. The summed E-state index contributed by atoms with van der Waals surface area (Å²) in [5.41, 5.74) is 22.6. The number of guanidine groups is 2. The molecule has 0 aliphatic carbocycles. The maximum absolute atomic E-state index is 14.4. The molecular weight excluding hydrogens is 740 g/mol. The van der Waals surface area contributed by atoms with E-state index in [1.54, 1.807) is 58.0 Å². The number of nitrogens with zero attached hydrogens (tertiary/aromatic N) is 3. The van der Waals surface area contributed by atoms with Crippen LogP contribution < -0.4 is 49.5 Å². The van der Waals surface area contributed by atoms with E-state index in [0.717, 1.165) is 0 Å². The molecule has 0 saturated carbocycles. The van der Waals surface area contributed by atoms with E-state index in [1.165, 1.54) is 11.9 Å². The molecule has 1 aliphatic heterocycles. The van der Waals surface area contributed by atoms with E-state index in [1.807, 2.05) is 0 Å². The standard InChI is InChI=1S/C37H60N12O8/c1-20(2)17-25-31(53)46-26(19-28(50)51)32(54)48-29(21(3)4)34(56)44-23(13-9-15-42-36(38)39)30(52)45-24(14-10-16-43-37(40)41)35(57)49(5)27(33(55)47-25)18-22-11-7-6-8-12-22/h6-8,11-12,20-21,23-27,29H,9-10,13-19H2,1-5H3,(H,44,56)(H,45,52)(H,46,53)(H,47,55)(H,48,54)(H,50,51)(H4,38,39,42)(H4,40,41,43). The number of rotatable bonds is 15. The number of aliphatic imine (C=N–C) groups is 2. The Labute approximate surface area is 332 Å². The third-order valence-corrected chi connectivity index (χ3v) is 9.13. The van der Waals surface area contributed by atoms with Crippen molar-refractivity contribution in [2.45, 2.75) is 109 Å². The quantitative estimate of drug-likeness (QED) is 0.0512. The van der Waals surface area contributed by atoms with Crippen molar-refractivity contribution in [2.24, 2.45) is 44.8 Å². The molecular formula is C37H60N12O8. The minimum Gasteiger partial charge on any atom is -0.481 e. The van der Waals surface area contributed by atoms with Crippen LogP contribution in [0.2, 0.25) is 0 Å².